The van der Waals surface area contributed by atoms with Crippen molar-refractivity contribution in [2.24, 2.45) is 0 Å². The Balaban J connectivity index is 1.81. The Morgan fingerprint density at radius 2 is 1.92 bits per heavy atom. The second-order valence-corrected chi connectivity index (χ2v) is 5.72. The van der Waals surface area contributed by atoms with Gasteiger partial charge in [0.15, 0.2) is 11.5 Å². The van der Waals surface area contributed by atoms with Crippen molar-refractivity contribution in [3.05, 3.63) is 59.2 Å². The zero-order valence-electron chi connectivity index (χ0n) is 13.9. The van der Waals surface area contributed by atoms with E-state index in [1.807, 2.05) is 18.2 Å². The summed E-state index contributed by atoms with van der Waals surface area (Å²) in [7, 11) is 0. The van der Waals surface area contributed by atoms with Gasteiger partial charge in [-0.3, -0.25) is 4.79 Å². The molecule has 25 heavy (non-hydrogen) atoms. The Kier molecular flexibility index (Phi) is 5.16. The summed E-state index contributed by atoms with van der Waals surface area (Å²) in [6.45, 7) is 0.235. The summed E-state index contributed by atoms with van der Waals surface area (Å²) in [5.74, 6) is -0.0810. The van der Waals surface area contributed by atoms with Gasteiger partial charge in [-0.25, -0.2) is 0 Å². The van der Waals surface area contributed by atoms with Crippen LogP contribution in [0.25, 0.3) is 0 Å². The van der Waals surface area contributed by atoms with E-state index in [0.29, 0.717) is 18.7 Å². The van der Waals surface area contributed by atoms with Crippen LogP contribution in [-0.2, 0) is 13.0 Å². The molecule has 0 N–H and O–H groups in total. The maximum atomic E-state index is 12.8. The molecule has 4 nitrogen and oxygen atoms in total. The fraction of sp³-hybridized carbons (Fsp3) is 0.316. The Morgan fingerprint density at radius 3 is 2.64 bits per heavy atom. The van der Waals surface area contributed by atoms with E-state index in [1.165, 1.54) is 23.8 Å². The van der Waals surface area contributed by atoms with Crippen molar-refractivity contribution in [2.75, 3.05) is 13.2 Å². The number of nitrogens with zero attached hydrogens (tertiary/aromatic N) is 1. The van der Waals surface area contributed by atoms with Gasteiger partial charge in [0, 0.05) is 18.7 Å². The van der Waals surface area contributed by atoms with Crippen molar-refractivity contribution >= 4 is 5.91 Å². The molecule has 0 aliphatic carbocycles. The van der Waals surface area contributed by atoms with E-state index in [-0.39, 0.29) is 24.0 Å². The molecule has 0 saturated heterocycles. The molecule has 0 saturated carbocycles. The quantitative estimate of drug-likeness (QED) is 0.824. The largest absolute Gasteiger partial charge is 0.490 e. The average Bonchev–Trinajstić information content (AvgIpc) is 2.62. The van der Waals surface area contributed by atoms with E-state index in [9.17, 15) is 13.6 Å². The predicted octanol–water partition coefficient (Wildman–Crippen LogP) is 3.89. The molecule has 0 spiro atoms. The number of alkyl halides is 2. The van der Waals surface area contributed by atoms with Gasteiger partial charge in [-0.05, 0) is 42.7 Å². The number of amides is 1. The van der Waals surface area contributed by atoms with E-state index in [4.69, 9.17) is 4.74 Å². The molecule has 0 fully saturated rings. The van der Waals surface area contributed by atoms with Crippen LogP contribution >= 0.6 is 0 Å². The lowest BCUT2D eigenvalue weighted by molar-refractivity contribution is -0.0514. The highest BCUT2D eigenvalue weighted by Gasteiger charge is 2.23. The average molecular weight is 347 g/mol. The molecule has 3 rings (SSSR count). The van der Waals surface area contributed by atoms with Gasteiger partial charge in [0.1, 0.15) is 0 Å². The number of rotatable bonds is 5. The first kappa shape index (κ1) is 17.2. The normalized spacial score (nSPS) is 13.5. The minimum atomic E-state index is -2.95. The highest BCUT2D eigenvalue weighted by molar-refractivity contribution is 5.95. The predicted molar refractivity (Wildman–Crippen MR) is 89.1 cm³/mol. The summed E-state index contributed by atoms with van der Waals surface area (Å²) < 4.78 is 34.7. The van der Waals surface area contributed by atoms with Crippen LogP contribution in [0.5, 0.6) is 11.5 Å². The van der Waals surface area contributed by atoms with Gasteiger partial charge in [0.05, 0.1) is 6.61 Å². The number of benzene rings is 2. The van der Waals surface area contributed by atoms with Gasteiger partial charge in [-0.15, -0.1) is 0 Å². The van der Waals surface area contributed by atoms with Crippen molar-refractivity contribution in [3.8, 4) is 11.5 Å². The standard InChI is InChI=1S/C19H19F2NO3/c1-2-24-17-11-14(7-8-16(17)25-19(20)21)18(23)22-10-9-13-5-3-4-6-15(13)12-22/h3-8,11,19H,2,9-10,12H2,1H3. The van der Waals surface area contributed by atoms with E-state index < -0.39 is 6.61 Å². The Morgan fingerprint density at radius 1 is 1.16 bits per heavy atom. The monoisotopic (exact) mass is 347 g/mol. The lowest BCUT2D eigenvalue weighted by Crippen LogP contribution is -2.35. The highest BCUT2D eigenvalue weighted by atomic mass is 19.3. The fourth-order valence-corrected chi connectivity index (χ4v) is 2.95. The number of hydrogen-bond acceptors (Lipinski definition) is 3. The van der Waals surface area contributed by atoms with Gasteiger partial charge in [0.2, 0.25) is 0 Å². The van der Waals surface area contributed by atoms with Crippen LogP contribution < -0.4 is 9.47 Å². The third-order valence-electron chi connectivity index (χ3n) is 4.12. The van der Waals surface area contributed by atoms with Crippen molar-refractivity contribution in [1.29, 1.82) is 0 Å². The number of halogens is 2. The molecular formula is C19H19F2NO3. The fourth-order valence-electron chi connectivity index (χ4n) is 2.95. The molecule has 2 aromatic rings. The number of ether oxygens (including phenoxy) is 2. The highest BCUT2D eigenvalue weighted by Crippen LogP contribution is 2.31. The minimum absolute atomic E-state index is 0.0719. The summed E-state index contributed by atoms with van der Waals surface area (Å²) in [6.07, 6.45) is 0.798. The van der Waals surface area contributed by atoms with E-state index in [1.54, 1.807) is 11.8 Å². The third kappa shape index (κ3) is 3.90. The van der Waals surface area contributed by atoms with Crippen molar-refractivity contribution < 1.29 is 23.0 Å². The summed E-state index contributed by atoms with van der Waals surface area (Å²) in [5.41, 5.74) is 2.77. The van der Waals surface area contributed by atoms with Crippen LogP contribution in [0.2, 0.25) is 0 Å². The van der Waals surface area contributed by atoms with Gasteiger partial charge in [-0.1, -0.05) is 24.3 Å². The first-order chi connectivity index (χ1) is 12.1. The molecule has 6 heteroatoms. The zero-order valence-corrected chi connectivity index (χ0v) is 13.9. The molecule has 1 amide bonds. The second kappa shape index (κ2) is 7.51. The SMILES string of the molecule is CCOc1cc(C(=O)N2CCc3ccccc3C2)ccc1OC(F)F. The van der Waals surface area contributed by atoms with Crippen LogP contribution in [0.1, 0.15) is 28.4 Å². The Bertz CT molecular complexity index is 764. The van der Waals surface area contributed by atoms with Gasteiger partial charge >= 0.3 is 6.61 Å². The lowest BCUT2D eigenvalue weighted by atomic mass is 9.99. The van der Waals surface area contributed by atoms with E-state index >= 15 is 0 Å². The maximum Gasteiger partial charge on any atom is 0.387 e. The third-order valence-corrected chi connectivity index (χ3v) is 4.12. The van der Waals surface area contributed by atoms with Crippen molar-refractivity contribution in [1.82, 2.24) is 4.90 Å². The van der Waals surface area contributed by atoms with Gasteiger partial charge < -0.3 is 14.4 Å². The molecule has 0 bridgehead atoms. The summed E-state index contributed by atoms with van der Waals surface area (Å²) in [4.78, 5) is 14.5. The zero-order chi connectivity index (χ0) is 17.8. The van der Waals surface area contributed by atoms with Crippen LogP contribution in [0, 0.1) is 0 Å². The maximum absolute atomic E-state index is 12.8. The van der Waals surface area contributed by atoms with Crippen molar-refractivity contribution in [3.63, 3.8) is 0 Å². The second-order valence-electron chi connectivity index (χ2n) is 5.72. The van der Waals surface area contributed by atoms with Gasteiger partial charge in [0.25, 0.3) is 5.91 Å². The van der Waals surface area contributed by atoms with E-state index in [2.05, 4.69) is 10.8 Å². The molecule has 132 valence electrons. The number of carbonyl (C=O) groups is 1. The summed E-state index contributed by atoms with van der Waals surface area (Å²) >= 11 is 0. The molecule has 1 heterocycles. The van der Waals surface area contributed by atoms with E-state index in [0.717, 1.165) is 12.0 Å². The number of carbonyl (C=O) groups excluding carboxylic acids is 1. The smallest absolute Gasteiger partial charge is 0.387 e. The van der Waals surface area contributed by atoms with Gasteiger partial charge in [-0.2, -0.15) is 8.78 Å². The molecule has 0 unspecified atom stereocenters. The van der Waals surface area contributed by atoms with Crippen molar-refractivity contribution in [2.45, 2.75) is 26.5 Å². The van der Waals surface area contributed by atoms with Crippen LogP contribution in [0.3, 0.4) is 0 Å². The Hall–Kier alpha value is -2.63. The molecule has 2 aromatic carbocycles. The topological polar surface area (TPSA) is 38.8 Å². The summed E-state index contributed by atoms with van der Waals surface area (Å²) in [6, 6.07) is 12.3. The van der Waals surface area contributed by atoms with Crippen LogP contribution in [0.4, 0.5) is 8.78 Å². The first-order valence-corrected chi connectivity index (χ1v) is 8.16. The molecule has 0 aromatic heterocycles. The van der Waals surface area contributed by atoms with Crippen LogP contribution in [-0.4, -0.2) is 30.6 Å². The molecule has 1 aliphatic rings. The number of fused-ring (bicyclic) bond motifs is 1. The molecule has 0 radical (unpaired) electrons. The van der Waals surface area contributed by atoms with Crippen LogP contribution in [0.15, 0.2) is 42.5 Å². The number of hydrogen-bond donors (Lipinski definition) is 0. The minimum Gasteiger partial charge on any atom is -0.490 e. The Labute approximate surface area is 145 Å². The first-order valence-electron chi connectivity index (χ1n) is 8.16. The molecule has 0 atom stereocenters. The molecular weight excluding hydrogens is 328 g/mol. The summed E-state index contributed by atoms with van der Waals surface area (Å²) in [5, 5.41) is 0. The molecule has 1 aliphatic heterocycles. The lowest BCUT2D eigenvalue weighted by Gasteiger charge is -2.29.